The summed E-state index contributed by atoms with van der Waals surface area (Å²) in [7, 11) is 0. The van der Waals surface area contributed by atoms with E-state index in [-0.39, 0.29) is 11.9 Å². The molecule has 0 aliphatic carbocycles. The summed E-state index contributed by atoms with van der Waals surface area (Å²) in [6.07, 6.45) is 11.0. The first-order valence-corrected chi connectivity index (χ1v) is 8.06. The van der Waals surface area contributed by atoms with E-state index in [0.717, 1.165) is 43.6 Å². The summed E-state index contributed by atoms with van der Waals surface area (Å²) < 4.78 is 5.57. The highest BCUT2D eigenvalue weighted by Gasteiger charge is 2.28. The Bertz CT molecular complexity index is 580. The number of pyridine rings is 1. The first kappa shape index (κ1) is 14.8. The molecule has 116 valence electrons. The molecule has 3 heterocycles. The average Bonchev–Trinajstić information content (AvgIpc) is 2.98. The summed E-state index contributed by atoms with van der Waals surface area (Å²) in [4.78, 5) is 18.7. The third-order valence-corrected chi connectivity index (χ3v) is 4.32. The lowest BCUT2D eigenvalue weighted by atomic mass is 10.1. The van der Waals surface area contributed by atoms with Crippen molar-refractivity contribution in [3.8, 4) is 0 Å². The molecule has 1 saturated heterocycles. The van der Waals surface area contributed by atoms with Crippen LogP contribution in [0, 0.1) is 0 Å². The van der Waals surface area contributed by atoms with Crippen LogP contribution in [0.4, 0.5) is 0 Å². The predicted molar refractivity (Wildman–Crippen MR) is 84.2 cm³/mol. The fourth-order valence-electron chi connectivity index (χ4n) is 3.13. The number of carbonyl (C=O) groups excluding carboxylic acids is 1. The van der Waals surface area contributed by atoms with Gasteiger partial charge < -0.3 is 9.32 Å². The van der Waals surface area contributed by atoms with E-state index in [1.54, 1.807) is 18.7 Å². The lowest BCUT2D eigenvalue weighted by molar-refractivity contribution is -0.134. The smallest absolute Gasteiger partial charge is 0.223 e. The van der Waals surface area contributed by atoms with E-state index in [9.17, 15) is 4.79 Å². The zero-order valence-corrected chi connectivity index (χ0v) is 12.8. The second-order valence-corrected chi connectivity index (χ2v) is 5.82. The molecule has 4 heteroatoms. The Morgan fingerprint density at radius 3 is 2.86 bits per heavy atom. The van der Waals surface area contributed by atoms with Crippen molar-refractivity contribution < 1.29 is 9.21 Å². The minimum absolute atomic E-state index is 0.0995. The van der Waals surface area contributed by atoms with Gasteiger partial charge in [0.25, 0.3) is 0 Å². The molecule has 1 amide bonds. The van der Waals surface area contributed by atoms with Gasteiger partial charge >= 0.3 is 0 Å². The second-order valence-electron chi connectivity index (χ2n) is 5.82. The monoisotopic (exact) mass is 298 g/mol. The second kappa shape index (κ2) is 7.25. The fraction of sp³-hybridized carbons (Fsp3) is 0.444. The number of hydrogen-bond acceptors (Lipinski definition) is 3. The largest absolute Gasteiger partial charge is 0.467 e. The number of rotatable bonds is 4. The van der Waals surface area contributed by atoms with Crippen LogP contribution >= 0.6 is 0 Å². The van der Waals surface area contributed by atoms with Crippen LogP contribution in [0.3, 0.4) is 0 Å². The zero-order chi connectivity index (χ0) is 15.2. The van der Waals surface area contributed by atoms with Crippen LogP contribution in [-0.2, 0) is 11.2 Å². The minimum Gasteiger partial charge on any atom is -0.467 e. The SMILES string of the molecule is O=C(CCc1ccncc1)N1CCCCCC1c1ccco1. The van der Waals surface area contributed by atoms with E-state index in [1.807, 2.05) is 29.2 Å². The van der Waals surface area contributed by atoms with Crippen molar-refractivity contribution in [1.82, 2.24) is 9.88 Å². The Kier molecular flexibility index (Phi) is 4.88. The van der Waals surface area contributed by atoms with Gasteiger partial charge in [0.15, 0.2) is 0 Å². The van der Waals surface area contributed by atoms with E-state index in [1.165, 1.54) is 6.42 Å². The van der Waals surface area contributed by atoms with Crippen molar-refractivity contribution in [2.75, 3.05) is 6.54 Å². The normalized spacial score (nSPS) is 18.9. The standard InChI is InChI=1S/C18H22N2O2/c21-18(8-7-15-9-11-19-12-10-15)20-13-3-1-2-5-16(20)17-6-4-14-22-17/h4,6,9-12,14,16H,1-3,5,7-8,13H2. The van der Waals surface area contributed by atoms with E-state index in [0.29, 0.717) is 6.42 Å². The van der Waals surface area contributed by atoms with Crippen LogP contribution in [0.25, 0.3) is 0 Å². The summed E-state index contributed by atoms with van der Waals surface area (Å²) in [6, 6.07) is 7.93. The molecular weight excluding hydrogens is 276 g/mol. The Labute approximate surface area is 131 Å². The molecule has 22 heavy (non-hydrogen) atoms. The maximum absolute atomic E-state index is 12.7. The number of carbonyl (C=O) groups is 1. The molecule has 1 unspecified atom stereocenters. The van der Waals surface area contributed by atoms with Crippen molar-refractivity contribution in [2.45, 2.75) is 44.6 Å². The van der Waals surface area contributed by atoms with E-state index in [4.69, 9.17) is 4.42 Å². The predicted octanol–water partition coefficient (Wildman–Crippen LogP) is 3.75. The van der Waals surface area contributed by atoms with Crippen LogP contribution in [0.2, 0.25) is 0 Å². The molecule has 0 spiro atoms. The van der Waals surface area contributed by atoms with Gasteiger partial charge in [-0.3, -0.25) is 9.78 Å². The molecule has 1 fully saturated rings. The minimum atomic E-state index is 0.0995. The summed E-state index contributed by atoms with van der Waals surface area (Å²) >= 11 is 0. The van der Waals surface area contributed by atoms with Crippen molar-refractivity contribution in [2.24, 2.45) is 0 Å². The number of amides is 1. The molecule has 4 nitrogen and oxygen atoms in total. The topological polar surface area (TPSA) is 46.3 Å². The Balaban J connectivity index is 1.67. The number of furan rings is 1. The number of nitrogens with zero attached hydrogens (tertiary/aromatic N) is 2. The molecule has 0 bridgehead atoms. The van der Waals surface area contributed by atoms with Gasteiger partial charge in [-0.15, -0.1) is 0 Å². The number of aromatic nitrogens is 1. The third kappa shape index (κ3) is 3.56. The van der Waals surface area contributed by atoms with Gasteiger partial charge in [-0.2, -0.15) is 0 Å². The summed E-state index contributed by atoms with van der Waals surface area (Å²) in [6.45, 7) is 0.834. The lowest BCUT2D eigenvalue weighted by Crippen LogP contribution is -2.34. The Morgan fingerprint density at radius 1 is 1.23 bits per heavy atom. The molecule has 0 saturated carbocycles. The van der Waals surface area contributed by atoms with E-state index >= 15 is 0 Å². The molecule has 0 aromatic carbocycles. The molecule has 2 aromatic rings. The highest BCUT2D eigenvalue weighted by molar-refractivity contribution is 5.77. The first-order valence-electron chi connectivity index (χ1n) is 8.06. The average molecular weight is 298 g/mol. The van der Waals surface area contributed by atoms with Crippen molar-refractivity contribution >= 4 is 5.91 Å². The van der Waals surface area contributed by atoms with Gasteiger partial charge in [-0.05, 0) is 49.1 Å². The molecule has 1 aliphatic heterocycles. The summed E-state index contributed by atoms with van der Waals surface area (Å²) in [5.41, 5.74) is 1.16. The van der Waals surface area contributed by atoms with Crippen molar-refractivity contribution in [3.05, 3.63) is 54.2 Å². The van der Waals surface area contributed by atoms with Gasteiger partial charge in [-0.25, -0.2) is 0 Å². The first-order chi connectivity index (χ1) is 10.8. The fourth-order valence-corrected chi connectivity index (χ4v) is 3.13. The maximum atomic E-state index is 12.7. The molecule has 2 aromatic heterocycles. The van der Waals surface area contributed by atoms with Crippen molar-refractivity contribution in [1.29, 1.82) is 0 Å². The van der Waals surface area contributed by atoms with Gasteiger partial charge in [0, 0.05) is 25.4 Å². The van der Waals surface area contributed by atoms with Crippen LogP contribution in [0.1, 0.15) is 49.5 Å². The van der Waals surface area contributed by atoms with Crippen molar-refractivity contribution in [3.63, 3.8) is 0 Å². The van der Waals surface area contributed by atoms with Crippen LogP contribution in [0.5, 0.6) is 0 Å². The number of aryl methyl sites for hydroxylation is 1. The summed E-state index contributed by atoms with van der Waals surface area (Å²) in [5, 5.41) is 0. The van der Waals surface area contributed by atoms with E-state index < -0.39 is 0 Å². The van der Waals surface area contributed by atoms with Gasteiger partial charge in [0.1, 0.15) is 5.76 Å². The van der Waals surface area contributed by atoms with E-state index in [2.05, 4.69) is 4.98 Å². The molecule has 1 atom stereocenters. The Morgan fingerprint density at radius 2 is 2.09 bits per heavy atom. The lowest BCUT2D eigenvalue weighted by Gasteiger charge is -2.28. The Hall–Kier alpha value is -2.10. The van der Waals surface area contributed by atoms with Gasteiger partial charge in [0.2, 0.25) is 5.91 Å². The number of likely N-dealkylation sites (tertiary alicyclic amines) is 1. The quantitative estimate of drug-likeness (QED) is 0.863. The van der Waals surface area contributed by atoms with Crippen LogP contribution in [-0.4, -0.2) is 22.3 Å². The zero-order valence-electron chi connectivity index (χ0n) is 12.8. The molecule has 0 N–H and O–H groups in total. The molecular formula is C18H22N2O2. The highest BCUT2D eigenvalue weighted by atomic mass is 16.3. The molecule has 3 rings (SSSR count). The summed E-state index contributed by atoms with van der Waals surface area (Å²) in [5.74, 6) is 1.14. The van der Waals surface area contributed by atoms with Crippen LogP contribution in [0.15, 0.2) is 47.3 Å². The molecule has 1 aliphatic rings. The number of hydrogen-bond donors (Lipinski definition) is 0. The highest BCUT2D eigenvalue weighted by Crippen LogP contribution is 2.31. The maximum Gasteiger partial charge on any atom is 0.223 e. The molecule has 0 radical (unpaired) electrons. The van der Waals surface area contributed by atoms with Gasteiger partial charge in [-0.1, -0.05) is 12.8 Å². The van der Waals surface area contributed by atoms with Gasteiger partial charge in [0.05, 0.1) is 12.3 Å². The van der Waals surface area contributed by atoms with Crippen LogP contribution < -0.4 is 0 Å². The third-order valence-electron chi connectivity index (χ3n) is 4.32.